The van der Waals surface area contributed by atoms with Crippen LogP contribution in [0.3, 0.4) is 0 Å². The first kappa shape index (κ1) is 20.9. The lowest BCUT2D eigenvalue weighted by Crippen LogP contribution is -2.50. The molecule has 0 heterocycles. The molecule has 0 radical (unpaired) electrons. The van der Waals surface area contributed by atoms with Crippen molar-refractivity contribution in [2.24, 2.45) is 34.5 Å². The molecule has 0 aromatic carbocycles. The maximum Gasteiger partial charge on any atom is 0.155 e. The van der Waals surface area contributed by atoms with Gasteiger partial charge in [0, 0.05) is 6.42 Å². The van der Waals surface area contributed by atoms with Crippen molar-refractivity contribution in [2.75, 3.05) is 0 Å². The summed E-state index contributed by atoms with van der Waals surface area (Å²) in [7, 11) is 0. The van der Waals surface area contributed by atoms with E-state index in [1.165, 1.54) is 50.5 Å². The van der Waals surface area contributed by atoms with Crippen LogP contribution in [0.4, 0.5) is 0 Å². The summed E-state index contributed by atoms with van der Waals surface area (Å²) in [5.41, 5.74) is 4.02. The van der Waals surface area contributed by atoms with Gasteiger partial charge in [-0.15, -0.1) is 0 Å². The molecule has 0 saturated heterocycles. The molecule has 1 heteroatoms. The minimum absolute atomic E-state index is 0.324. The van der Waals surface area contributed by atoms with Crippen LogP contribution >= 0.6 is 0 Å². The minimum atomic E-state index is 0.324. The molecule has 0 spiro atoms. The first-order chi connectivity index (χ1) is 12.9. The summed E-state index contributed by atoms with van der Waals surface area (Å²) >= 11 is 0. The SMILES string of the molecule is CC.CC/C=C(\C)C1CCC2C3CCC4=CC(=O)CCC4(C)C3CCC12C. The van der Waals surface area contributed by atoms with Gasteiger partial charge in [0.25, 0.3) is 0 Å². The molecule has 0 aromatic rings. The molecule has 4 rings (SSSR count). The van der Waals surface area contributed by atoms with Gasteiger partial charge in [-0.25, -0.2) is 0 Å². The van der Waals surface area contributed by atoms with Gasteiger partial charge in [-0.2, -0.15) is 0 Å². The Balaban J connectivity index is 0.00000102. The molecule has 1 nitrogen and oxygen atoms in total. The van der Waals surface area contributed by atoms with E-state index in [2.05, 4.69) is 33.8 Å². The van der Waals surface area contributed by atoms with Crippen molar-refractivity contribution >= 4 is 5.78 Å². The highest BCUT2D eigenvalue weighted by Crippen LogP contribution is 2.67. The fourth-order valence-electron chi connectivity index (χ4n) is 7.77. The molecule has 27 heavy (non-hydrogen) atoms. The number of hydrogen-bond donors (Lipinski definition) is 0. The van der Waals surface area contributed by atoms with Crippen LogP contribution in [-0.2, 0) is 4.79 Å². The zero-order chi connectivity index (χ0) is 19.8. The molecule has 0 N–H and O–H groups in total. The van der Waals surface area contributed by atoms with Crippen LogP contribution in [0.1, 0.15) is 99.3 Å². The Bertz CT molecular complexity index is 626. The zero-order valence-electron chi connectivity index (χ0n) is 18.7. The second-order valence-electron chi connectivity index (χ2n) is 10.00. The molecular weight excluding hydrogens is 328 g/mol. The van der Waals surface area contributed by atoms with E-state index in [4.69, 9.17) is 0 Å². The predicted molar refractivity (Wildman–Crippen MR) is 116 cm³/mol. The topological polar surface area (TPSA) is 17.1 Å². The van der Waals surface area contributed by atoms with E-state index in [1.54, 1.807) is 5.57 Å². The number of allylic oxidation sites excluding steroid dienone is 3. The van der Waals surface area contributed by atoms with Crippen molar-refractivity contribution in [3.63, 3.8) is 0 Å². The Morgan fingerprint density at radius 2 is 1.81 bits per heavy atom. The van der Waals surface area contributed by atoms with Crippen LogP contribution in [-0.4, -0.2) is 5.78 Å². The Kier molecular flexibility index (Phi) is 6.09. The van der Waals surface area contributed by atoms with Crippen molar-refractivity contribution < 1.29 is 4.79 Å². The van der Waals surface area contributed by atoms with Crippen molar-refractivity contribution in [3.05, 3.63) is 23.3 Å². The van der Waals surface area contributed by atoms with E-state index in [1.807, 2.05) is 19.9 Å². The second kappa shape index (κ2) is 7.88. The molecule has 6 unspecified atom stereocenters. The molecule has 0 amide bonds. The lowest BCUT2D eigenvalue weighted by atomic mass is 9.46. The second-order valence-corrected chi connectivity index (χ2v) is 10.00. The summed E-state index contributed by atoms with van der Waals surface area (Å²) in [5.74, 6) is 3.83. The largest absolute Gasteiger partial charge is 0.295 e. The van der Waals surface area contributed by atoms with E-state index in [-0.39, 0.29) is 0 Å². The first-order valence-corrected chi connectivity index (χ1v) is 11.8. The molecule has 3 saturated carbocycles. The number of fused-ring (bicyclic) bond motifs is 5. The zero-order valence-corrected chi connectivity index (χ0v) is 18.7. The molecule has 4 aliphatic carbocycles. The lowest BCUT2D eigenvalue weighted by molar-refractivity contribution is -0.117. The third kappa shape index (κ3) is 3.28. The fourth-order valence-corrected chi connectivity index (χ4v) is 7.77. The van der Waals surface area contributed by atoms with E-state index in [0.717, 1.165) is 36.5 Å². The predicted octanol–water partition coefficient (Wildman–Crippen LogP) is 7.52. The number of rotatable bonds is 2. The molecule has 0 aromatic heterocycles. The summed E-state index contributed by atoms with van der Waals surface area (Å²) in [6.07, 6.45) is 15.7. The highest BCUT2D eigenvalue weighted by atomic mass is 16.1. The van der Waals surface area contributed by atoms with Crippen LogP contribution in [0.15, 0.2) is 23.3 Å². The average Bonchev–Trinajstić information content (AvgIpc) is 3.01. The maximum absolute atomic E-state index is 12.0. The van der Waals surface area contributed by atoms with Crippen molar-refractivity contribution in [3.8, 4) is 0 Å². The van der Waals surface area contributed by atoms with Crippen LogP contribution in [0, 0.1) is 34.5 Å². The van der Waals surface area contributed by atoms with Gasteiger partial charge >= 0.3 is 0 Å². The maximum atomic E-state index is 12.0. The van der Waals surface area contributed by atoms with E-state index < -0.39 is 0 Å². The van der Waals surface area contributed by atoms with Gasteiger partial charge in [-0.05, 0) is 98.9 Å². The summed E-state index contributed by atoms with van der Waals surface area (Å²) in [6.45, 7) is 13.8. The smallest absolute Gasteiger partial charge is 0.155 e. The van der Waals surface area contributed by atoms with Crippen molar-refractivity contribution in [1.82, 2.24) is 0 Å². The van der Waals surface area contributed by atoms with E-state index >= 15 is 0 Å². The normalized spacial score (nSPS) is 43.7. The summed E-state index contributed by atoms with van der Waals surface area (Å²) in [5, 5.41) is 0. The third-order valence-electron chi connectivity index (χ3n) is 9.04. The third-order valence-corrected chi connectivity index (χ3v) is 9.04. The fraction of sp³-hybridized carbons (Fsp3) is 0.808. The molecule has 3 fully saturated rings. The van der Waals surface area contributed by atoms with Crippen LogP contribution in [0.5, 0.6) is 0 Å². The summed E-state index contributed by atoms with van der Waals surface area (Å²) in [4.78, 5) is 12.0. The molecule has 4 aliphatic rings. The van der Waals surface area contributed by atoms with Gasteiger partial charge in [0.2, 0.25) is 0 Å². The molecule has 6 atom stereocenters. The number of ketones is 1. The molecule has 0 aliphatic heterocycles. The quantitative estimate of drug-likeness (QED) is 0.459. The summed E-state index contributed by atoms with van der Waals surface area (Å²) < 4.78 is 0. The number of hydrogen-bond acceptors (Lipinski definition) is 1. The van der Waals surface area contributed by atoms with Gasteiger partial charge in [0.15, 0.2) is 5.78 Å². The monoisotopic (exact) mass is 370 g/mol. The molecule has 152 valence electrons. The van der Waals surface area contributed by atoms with Crippen LogP contribution in [0.2, 0.25) is 0 Å². The van der Waals surface area contributed by atoms with Gasteiger partial charge in [-0.1, -0.05) is 51.8 Å². The number of carbonyl (C=O) groups is 1. The highest BCUT2D eigenvalue weighted by molar-refractivity contribution is 5.91. The molecular formula is C26H42O. The van der Waals surface area contributed by atoms with E-state index in [0.29, 0.717) is 16.6 Å². The number of carbonyl (C=O) groups excluding carboxylic acids is 1. The Labute approximate surface area is 168 Å². The Hall–Kier alpha value is -0.850. The minimum Gasteiger partial charge on any atom is -0.295 e. The van der Waals surface area contributed by atoms with Gasteiger partial charge in [0.1, 0.15) is 0 Å². The first-order valence-electron chi connectivity index (χ1n) is 11.8. The standard InChI is InChI=1S/C24H36O.C2H6/c1-5-6-16(2)20-9-10-21-19-8-7-17-15-18(25)11-13-23(17,3)22(19)12-14-24(20,21)4;1-2/h6,15,19-22H,5,7-14H2,1-4H3;1-2H3/b16-6+;. The van der Waals surface area contributed by atoms with Gasteiger partial charge < -0.3 is 0 Å². The average molecular weight is 371 g/mol. The molecule has 0 bridgehead atoms. The van der Waals surface area contributed by atoms with Crippen LogP contribution in [0.25, 0.3) is 0 Å². The van der Waals surface area contributed by atoms with Crippen LogP contribution < -0.4 is 0 Å². The van der Waals surface area contributed by atoms with E-state index in [9.17, 15) is 4.79 Å². The van der Waals surface area contributed by atoms with Gasteiger partial charge in [-0.3, -0.25) is 4.79 Å². The van der Waals surface area contributed by atoms with Gasteiger partial charge in [0.05, 0.1) is 0 Å². The Morgan fingerprint density at radius 1 is 1.07 bits per heavy atom. The highest BCUT2D eigenvalue weighted by Gasteiger charge is 2.58. The Morgan fingerprint density at radius 3 is 2.52 bits per heavy atom. The lowest BCUT2D eigenvalue weighted by Gasteiger charge is -2.58. The van der Waals surface area contributed by atoms with Crippen molar-refractivity contribution in [1.29, 1.82) is 0 Å². The van der Waals surface area contributed by atoms with Crippen molar-refractivity contribution in [2.45, 2.75) is 99.3 Å². The summed E-state index contributed by atoms with van der Waals surface area (Å²) in [6, 6.07) is 0.